The maximum Gasteiger partial charge on any atom is 0.250 e. The van der Waals surface area contributed by atoms with Crippen molar-refractivity contribution in [3.05, 3.63) is 72.6 Å². The van der Waals surface area contributed by atoms with Gasteiger partial charge in [0.25, 0.3) is 5.91 Å². The van der Waals surface area contributed by atoms with Crippen LogP contribution in [0.1, 0.15) is 12.5 Å². The van der Waals surface area contributed by atoms with Crippen LogP contribution >= 0.6 is 11.8 Å². The number of benzene rings is 2. The zero-order valence-electron chi connectivity index (χ0n) is 19.7. The Labute approximate surface area is 212 Å². The number of aromatic hydroxyl groups is 1. The number of methoxy groups -OCH3 is 1. The number of nitrogens with one attached hydrogen (secondary N) is 1. The molecule has 4 rings (SSSR count). The average molecular weight is 505 g/mol. The van der Waals surface area contributed by atoms with Crippen molar-refractivity contribution in [3.63, 3.8) is 0 Å². The second kappa shape index (κ2) is 11.8. The van der Waals surface area contributed by atoms with Gasteiger partial charge in [-0.1, -0.05) is 11.8 Å². The van der Waals surface area contributed by atoms with E-state index in [-0.39, 0.29) is 17.4 Å². The van der Waals surface area contributed by atoms with Gasteiger partial charge in [-0.25, -0.2) is 5.43 Å². The second-order valence-corrected chi connectivity index (χ2v) is 8.27. The van der Waals surface area contributed by atoms with Crippen LogP contribution < -0.4 is 14.9 Å². The number of thioether (sulfide) groups is 1. The summed E-state index contributed by atoms with van der Waals surface area (Å²) in [5.74, 6) is 1.46. The molecule has 4 aromatic rings. The van der Waals surface area contributed by atoms with E-state index in [1.54, 1.807) is 24.5 Å². The van der Waals surface area contributed by atoms with E-state index < -0.39 is 0 Å². The van der Waals surface area contributed by atoms with Crippen molar-refractivity contribution < 1.29 is 19.4 Å². The van der Waals surface area contributed by atoms with Crippen LogP contribution in [0.3, 0.4) is 0 Å². The van der Waals surface area contributed by atoms with E-state index in [0.717, 1.165) is 17.0 Å². The SMILES string of the molecule is CCOc1ccc(-n2c(SCC(=O)NN=Cc3ccc(O)c(OC)c3)nnc2-c2cccnc2)cc1. The molecule has 0 aliphatic rings. The first kappa shape index (κ1) is 24.7. The fourth-order valence-corrected chi connectivity index (χ4v) is 4.00. The van der Waals surface area contributed by atoms with Crippen LogP contribution in [0.15, 0.2) is 77.2 Å². The third kappa shape index (κ3) is 5.99. The molecule has 11 heteroatoms. The zero-order valence-corrected chi connectivity index (χ0v) is 20.5. The van der Waals surface area contributed by atoms with Gasteiger partial charge in [0.15, 0.2) is 22.5 Å². The van der Waals surface area contributed by atoms with Crippen molar-refractivity contribution in [1.29, 1.82) is 0 Å². The fourth-order valence-electron chi connectivity index (χ4n) is 3.25. The van der Waals surface area contributed by atoms with Crippen LogP contribution in [-0.4, -0.2) is 56.4 Å². The van der Waals surface area contributed by atoms with Gasteiger partial charge in [0, 0.05) is 23.6 Å². The first-order chi connectivity index (χ1) is 17.6. The smallest absolute Gasteiger partial charge is 0.250 e. The molecule has 0 radical (unpaired) electrons. The monoisotopic (exact) mass is 504 g/mol. The zero-order chi connectivity index (χ0) is 25.3. The van der Waals surface area contributed by atoms with Gasteiger partial charge in [-0.05, 0) is 67.1 Å². The molecule has 36 heavy (non-hydrogen) atoms. The second-order valence-electron chi connectivity index (χ2n) is 7.32. The Hall–Kier alpha value is -4.38. The Morgan fingerprint density at radius 3 is 2.75 bits per heavy atom. The van der Waals surface area contributed by atoms with Crippen molar-refractivity contribution in [3.8, 4) is 34.3 Å². The molecule has 0 saturated carbocycles. The number of amides is 1. The minimum absolute atomic E-state index is 0.0254. The molecule has 1 amide bonds. The van der Waals surface area contributed by atoms with E-state index in [0.29, 0.717) is 28.9 Å². The van der Waals surface area contributed by atoms with Crippen LogP contribution in [-0.2, 0) is 4.79 Å². The van der Waals surface area contributed by atoms with E-state index in [1.807, 2.05) is 47.9 Å². The van der Waals surface area contributed by atoms with Gasteiger partial charge < -0.3 is 14.6 Å². The molecular weight excluding hydrogens is 480 g/mol. The molecule has 0 spiro atoms. The molecule has 0 saturated heterocycles. The minimum Gasteiger partial charge on any atom is -0.504 e. The third-order valence-corrected chi connectivity index (χ3v) is 5.83. The number of rotatable bonds is 10. The van der Waals surface area contributed by atoms with Crippen LogP contribution in [0.4, 0.5) is 0 Å². The molecule has 2 aromatic carbocycles. The third-order valence-electron chi connectivity index (χ3n) is 4.90. The highest BCUT2D eigenvalue weighted by Gasteiger charge is 2.17. The van der Waals surface area contributed by atoms with Gasteiger partial charge >= 0.3 is 0 Å². The van der Waals surface area contributed by atoms with Gasteiger partial charge in [-0.2, -0.15) is 5.10 Å². The molecule has 0 atom stereocenters. The number of aromatic nitrogens is 4. The Bertz CT molecular complexity index is 1340. The lowest BCUT2D eigenvalue weighted by Gasteiger charge is -2.11. The number of carbonyl (C=O) groups excluding carboxylic acids is 1. The molecule has 2 aromatic heterocycles. The summed E-state index contributed by atoms with van der Waals surface area (Å²) >= 11 is 1.23. The fraction of sp³-hybridized carbons (Fsp3) is 0.160. The highest BCUT2D eigenvalue weighted by molar-refractivity contribution is 7.99. The maximum absolute atomic E-state index is 12.4. The number of ether oxygens (including phenoxy) is 2. The number of hydrogen-bond acceptors (Lipinski definition) is 9. The van der Waals surface area contributed by atoms with Crippen molar-refractivity contribution >= 4 is 23.9 Å². The minimum atomic E-state index is -0.314. The number of hydrogen-bond donors (Lipinski definition) is 2. The van der Waals surface area contributed by atoms with E-state index >= 15 is 0 Å². The molecule has 10 nitrogen and oxygen atoms in total. The predicted molar refractivity (Wildman–Crippen MR) is 137 cm³/mol. The summed E-state index contributed by atoms with van der Waals surface area (Å²) in [6, 6.07) is 16.1. The highest BCUT2D eigenvalue weighted by atomic mass is 32.2. The van der Waals surface area contributed by atoms with E-state index in [9.17, 15) is 9.90 Å². The van der Waals surface area contributed by atoms with Gasteiger partial charge in [0.05, 0.1) is 25.7 Å². The summed E-state index contributed by atoms with van der Waals surface area (Å²) in [6.07, 6.45) is 4.87. The lowest BCUT2D eigenvalue weighted by Crippen LogP contribution is -2.20. The molecule has 0 aliphatic heterocycles. The number of phenols is 1. The first-order valence-electron chi connectivity index (χ1n) is 11.0. The summed E-state index contributed by atoms with van der Waals surface area (Å²) in [7, 11) is 1.46. The van der Waals surface area contributed by atoms with Gasteiger partial charge in [0.2, 0.25) is 0 Å². The van der Waals surface area contributed by atoms with Crippen molar-refractivity contribution in [2.45, 2.75) is 12.1 Å². The van der Waals surface area contributed by atoms with Crippen molar-refractivity contribution in [2.24, 2.45) is 5.10 Å². The Balaban J connectivity index is 1.49. The molecule has 0 fully saturated rings. The number of carbonyl (C=O) groups is 1. The molecule has 2 heterocycles. The predicted octanol–water partition coefficient (Wildman–Crippen LogP) is 3.68. The van der Waals surface area contributed by atoms with Gasteiger partial charge in [-0.15, -0.1) is 10.2 Å². The lowest BCUT2D eigenvalue weighted by molar-refractivity contribution is -0.118. The molecule has 0 aliphatic carbocycles. The molecule has 0 unspecified atom stereocenters. The number of phenolic OH excluding ortho intramolecular Hbond substituents is 1. The van der Waals surface area contributed by atoms with Crippen LogP contribution in [0.5, 0.6) is 17.2 Å². The van der Waals surface area contributed by atoms with Crippen molar-refractivity contribution in [2.75, 3.05) is 19.5 Å². The Morgan fingerprint density at radius 1 is 1.19 bits per heavy atom. The van der Waals surface area contributed by atoms with Gasteiger partial charge in [-0.3, -0.25) is 14.3 Å². The summed E-state index contributed by atoms with van der Waals surface area (Å²) in [4.78, 5) is 16.6. The molecule has 0 bridgehead atoms. The Morgan fingerprint density at radius 2 is 2.03 bits per heavy atom. The quantitative estimate of drug-likeness (QED) is 0.190. The van der Waals surface area contributed by atoms with E-state index in [2.05, 4.69) is 25.7 Å². The maximum atomic E-state index is 12.4. The number of pyridine rings is 1. The van der Waals surface area contributed by atoms with E-state index in [4.69, 9.17) is 9.47 Å². The van der Waals surface area contributed by atoms with Crippen molar-refractivity contribution in [1.82, 2.24) is 25.2 Å². The van der Waals surface area contributed by atoms with E-state index in [1.165, 1.54) is 31.2 Å². The molecule has 184 valence electrons. The lowest BCUT2D eigenvalue weighted by atomic mass is 10.2. The number of hydrazone groups is 1. The number of nitrogens with zero attached hydrogens (tertiary/aromatic N) is 5. The molecule has 2 N–H and O–H groups in total. The van der Waals surface area contributed by atoms with Gasteiger partial charge in [0.1, 0.15) is 5.75 Å². The summed E-state index contributed by atoms with van der Waals surface area (Å²) in [6.45, 7) is 2.51. The largest absolute Gasteiger partial charge is 0.504 e. The van der Waals surface area contributed by atoms with Crippen LogP contribution in [0.25, 0.3) is 17.1 Å². The van der Waals surface area contributed by atoms with Crippen LogP contribution in [0.2, 0.25) is 0 Å². The van der Waals surface area contributed by atoms with Crippen LogP contribution in [0, 0.1) is 0 Å². The highest BCUT2D eigenvalue weighted by Crippen LogP contribution is 2.29. The molecular formula is C25H24N6O4S. The standard InChI is InChI=1S/C25H24N6O4S/c1-3-35-20-9-7-19(8-10-20)31-24(18-5-4-12-26-15-18)29-30-25(31)36-16-23(33)28-27-14-17-6-11-21(32)22(13-17)34-2/h4-15,32H,3,16H2,1-2H3,(H,28,33). The summed E-state index contributed by atoms with van der Waals surface area (Å²) in [5.41, 5.74) is 4.78. The first-order valence-corrected chi connectivity index (χ1v) is 12.0. The topological polar surface area (TPSA) is 124 Å². The summed E-state index contributed by atoms with van der Waals surface area (Å²) < 4.78 is 12.5. The normalized spacial score (nSPS) is 10.9. The summed E-state index contributed by atoms with van der Waals surface area (Å²) in [5, 5.41) is 22.9. The Kier molecular flexibility index (Phi) is 8.14. The average Bonchev–Trinajstić information content (AvgIpc) is 3.33.